The third kappa shape index (κ3) is 2.00. The second-order valence-corrected chi connectivity index (χ2v) is 5.12. The van der Waals surface area contributed by atoms with E-state index in [9.17, 15) is 4.79 Å². The van der Waals surface area contributed by atoms with E-state index in [1.54, 1.807) is 0 Å². The van der Waals surface area contributed by atoms with Crippen molar-refractivity contribution >= 4 is 16.7 Å². The lowest BCUT2D eigenvalue weighted by molar-refractivity contribution is -0.127. The van der Waals surface area contributed by atoms with Crippen molar-refractivity contribution in [2.45, 2.75) is 18.3 Å². The Labute approximate surface area is 112 Å². The van der Waals surface area contributed by atoms with Crippen molar-refractivity contribution in [3.8, 4) is 0 Å². The summed E-state index contributed by atoms with van der Waals surface area (Å²) in [6.45, 7) is 1.19. The van der Waals surface area contributed by atoms with Crippen LogP contribution in [0.15, 0.2) is 42.5 Å². The molecule has 1 amide bonds. The van der Waals surface area contributed by atoms with Crippen LogP contribution in [0.4, 0.5) is 0 Å². The number of hydrogen-bond donors (Lipinski definition) is 1. The first-order valence-corrected chi connectivity index (χ1v) is 6.59. The molecule has 3 heteroatoms. The Bertz CT molecular complexity index is 615. The van der Waals surface area contributed by atoms with Gasteiger partial charge in [-0.1, -0.05) is 42.5 Å². The molecule has 1 aliphatic rings. The number of fused-ring (bicyclic) bond motifs is 1. The van der Waals surface area contributed by atoms with E-state index in [2.05, 4.69) is 24.3 Å². The van der Waals surface area contributed by atoms with Crippen LogP contribution >= 0.6 is 0 Å². The summed E-state index contributed by atoms with van der Waals surface area (Å²) in [5, 5.41) is 2.32. The van der Waals surface area contributed by atoms with Gasteiger partial charge in [-0.3, -0.25) is 4.79 Å². The molecule has 0 aliphatic carbocycles. The van der Waals surface area contributed by atoms with Crippen LogP contribution in [-0.2, 0) is 14.9 Å². The van der Waals surface area contributed by atoms with Gasteiger partial charge < -0.3 is 10.5 Å². The fraction of sp³-hybridized carbons (Fsp3) is 0.312. The molecule has 0 unspecified atom stereocenters. The van der Waals surface area contributed by atoms with E-state index < -0.39 is 5.41 Å². The highest BCUT2D eigenvalue weighted by atomic mass is 16.5. The van der Waals surface area contributed by atoms with E-state index in [1.165, 1.54) is 5.39 Å². The van der Waals surface area contributed by atoms with Gasteiger partial charge in [0.1, 0.15) is 0 Å². The second kappa shape index (κ2) is 4.67. The van der Waals surface area contributed by atoms with Crippen molar-refractivity contribution in [3.05, 3.63) is 48.0 Å². The molecular weight excluding hydrogens is 238 g/mol. The number of carbonyl (C=O) groups excluding carboxylic acids is 1. The Morgan fingerprint density at radius 3 is 2.42 bits per heavy atom. The summed E-state index contributed by atoms with van der Waals surface area (Å²) in [4.78, 5) is 12.0. The molecule has 2 aromatic carbocycles. The van der Waals surface area contributed by atoms with Crippen molar-refractivity contribution in [2.24, 2.45) is 5.73 Å². The predicted octanol–water partition coefficient (Wildman–Crippen LogP) is 2.37. The molecule has 1 fully saturated rings. The fourth-order valence-corrected chi connectivity index (χ4v) is 2.88. The molecule has 3 rings (SSSR count). The van der Waals surface area contributed by atoms with Crippen molar-refractivity contribution in [2.75, 3.05) is 13.2 Å². The number of ether oxygens (including phenoxy) is 1. The SMILES string of the molecule is NC(=O)C1(c2ccc3ccccc3c2)CCOCC1. The summed E-state index contributed by atoms with van der Waals surface area (Å²) < 4.78 is 5.38. The first-order chi connectivity index (χ1) is 9.22. The van der Waals surface area contributed by atoms with Gasteiger partial charge in [-0.2, -0.15) is 0 Å². The lowest BCUT2D eigenvalue weighted by atomic mass is 9.73. The maximum absolute atomic E-state index is 12.0. The number of rotatable bonds is 2. The molecule has 0 spiro atoms. The number of hydrogen-bond acceptors (Lipinski definition) is 2. The molecule has 3 nitrogen and oxygen atoms in total. The molecule has 2 N–H and O–H groups in total. The van der Waals surface area contributed by atoms with E-state index >= 15 is 0 Å². The normalized spacial score (nSPS) is 18.3. The Kier molecular flexibility index (Phi) is 2.99. The summed E-state index contributed by atoms with van der Waals surface area (Å²) in [5.41, 5.74) is 6.13. The summed E-state index contributed by atoms with van der Waals surface area (Å²) in [5.74, 6) is -0.244. The van der Waals surface area contributed by atoms with E-state index in [1.807, 2.05) is 18.2 Å². The summed E-state index contributed by atoms with van der Waals surface area (Å²) in [6.07, 6.45) is 1.33. The van der Waals surface area contributed by atoms with Crippen LogP contribution in [0.3, 0.4) is 0 Å². The minimum Gasteiger partial charge on any atom is -0.381 e. The number of primary amides is 1. The lowest BCUT2D eigenvalue weighted by Crippen LogP contribution is -2.45. The third-order valence-electron chi connectivity index (χ3n) is 4.12. The predicted molar refractivity (Wildman–Crippen MR) is 74.9 cm³/mol. The van der Waals surface area contributed by atoms with Gasteiger partial charge in [0, 0.05) is 13.2 Å². The van der Waals surface area contributed by atoms with Crippen molar-refractivity contribution in [3.63, 3.8) is 0 Å². The number of benzene rings is 2. The minimum absolute atomic E-state index is 0.244. The van der Waals surface area contributed by atoms with Gasteiger partial charge >= 0.3 is 0 Å². The molecule has 0 bridgehead atoms. The first-order valence-electron chi connectivity index (χ1n) is 6.59. The largest absolute Gasteiger partial charge is 0.381 e. The van der Waals surface area contributed by atoms with Crippen LogP contribution < -0.4 is 5.73 Å². The van der Waals surface area contributed by atoms with Gasteiger partial charge in [0.05, 0.1) is 5.41 Å². The Morgan fingerprint density at radius 1 is 1.05 bits per heavy atom. The zero-order valence-corrected chi connectivity index (χ0v) is 10.8. The molecule has 1 saturated heterocycles. The van der Waals surface area contributed by atoms with Crippen molar-refractivity contribution in [1.82, 2.24) is 0 Å². The zero-order chi connectivity index (χ0) is 13.3. The minimum atomic E-state index is -0.567. The average molecular weight is 255 g/mol. The standard InChI is InChI=1S/C16H17NO2/c17-15(18)16(7-9-19-10-8-16)14-6-5-12-3-1-2-4-13(12)11-14/h1-6,11H,7-10H2,(H2,17,18). The van der Waals surface area contributed by atoms with Gasteiger partial charge in [-0.15, -0.1) is 0 Å². The number of amides is 1. The maximum Gasteiger partial charge on any atom is 0.228 e. The first kappa shape index (κ1) is 12.2. The van der Waals surface area contributed by atoms with Gasteiger partial charge in [-0.25, -0.2) is 0 Å². The van der Waals surface area contributed by atoms with Crippen LogP contribution in [0.5, 0.6) is 0 Å². The Morgan fingerprint density at radius 2 is 1.74 bits per heavy atom. The van der Waals surface area contributed by atoms with E-state index in [4.69, 9.17) is 10.5 Å². The van der Waals surface area contributed by atoms with E-state index in [-0.39, 0.29) is 5.91 Å². The molecule has 0 atom stereocenters. The van der Waals surface area contributed by atoms with Crippen LogP contribution in [0, 0.1) is 0 Å². The summed E-state index contributed by atoms with van der Waals surface area (Å²) in [6, 6.07) is 14.3. The molecule has 0 saturated carbocycles. The van der Waals surface area contributed by atoms with Crippen molar-refractivity contribution in [1.29, 1.82) is 0 Å². The summed E-state index contributed by atoms with van der Waals surface area (Å²) >= 11 is 0. The van der Waals surface area contributed by atoms with Crippen LogP contribution in [0.25, 0.3) is 10.8 Å². The van der Waals surface area contributed by atoms with Crippen LogP contribution in [0.1, 0.15) is 18.4 Å². The molecule has 19 heavy (non-hydrogen) atoms. The van der Waals surface area contributed by atoms with Gasteiger partial charge in [0.2, 0.25) is 5.91 Å². The smallest absolute Gasteiger partial charge is 0.228 e. The zero-order valence-electron chi connectivity index (χ0n) is 10.8. The van der Waals surface area contributed by atoms with Crippen LogP contribution in [0.2, 0.25) is 0 Å². The monoisotopic (exact) mass is 255 g/mol. The van der Waals surface area contributed by atoms with Crippen molar-refractivity contribution < 1.29 is 9.53 Å². The third-order valence-corrected chi connectivity index (χ3v) is 4.12. The Balaban J connectivity index is 2.12. The molecular formula is C16H17NO2. The van der Waals surface area contributed by atoms with Gasteiger partial charge in [0.15, 0.2) is 0 Å². The van der Waals surface area contributed by atoms with E-state index in [0.29, 0.717) is 26.1 Å². The highest BCUT2D eigenvalue weighted by molar-refractivity contribution is 5.90. The number of nitrogens with two attached hydrogens (primary N) is 1. The molecule has 1 heterocycles. The van der Waals surface area contributed by atoms with Gasteiger partial charge in [-0.05, 0) is 29.2 Å². The fourth-order valence-electron chi connectivity index (χ4n) is 2.88. The Hall–Kier alpha value is -1.87. The maximum atomic E-state index is 12.0. The van der Waals surface area contributed by atoms with E-state index in [0.717, 1.165) is 10.9 Å². The quantitative estimate of drug-likeness (QED) is 0.895. The van der Waals surface area contributed by atoms with Gasteiger partial charge in [0.25, 0.3) is 0 Å². The number of carbonyl (C=O) groups is 1. The lowest BCUT2D eigenvalue weighted by Gasteiger charge is -2.34. The highest BCUT2D eigenvalue weighted by Gasteiger charge is 2.40. The average Bonchev–Trinajstić information content (AvgIpc) is 2.47. The molecule has 0 aromatic heterocycles. The highest BCUT2D eigenvalue weighted by Crippen LogP contribution is 2.36. The molecule has 0 radical (unpaired) electrons. The second-order valence-electron chi connectivity index (χ2n) is 5.12. The van der Waals surface area contributed by atoms with Crippen LogP contribution in [-0.4, -0.2) is 19.1 Å². The molecule has 2 aromatic rings. The topological polar surface area (TPSA) is 52.3 Å². The summed E-state index contributed by atoms with van der Waals surface area (Å²) in [7, 11) is 0. The molecule has 1 aliphatic heterocycles. The molecule has 98 valence electrons.